The second kappa shape index (κ2) is 6.29. The highest BCUT2D eigenvalue weighted by atomic mass is 35.5. The first-order valence-corrected chi connectivity index (χ1v) is 5.76. The Morgan fingerprint density at radius 2 is 2.16 bits per heavy atom. The third-order valence-corrected chi connectivity index (χ3v) is 2.53. The summed E-state index contributed by atoms with van der Waals surface area (Å²) in [6.45, 7) is -2.44. The van der Waals surface area contributed by atoms with Crippen molar-refractivity contribution in [3.8, 4) is 5.75 Å². The van der Waals surface area contributed by atoms with Crippen LogP contribution in [0.3, 0.4) is 0 Å². The molecule has 0 saturated heterocycles. The molecule has 0 fully saturated rings. The fourth-order valence-electron chi connectivity index (χ4n) is 1.42. The molecular weight excluding hydrogens is 276 g/mol. The molecule has 0 bridgehead atoms. The van der Waals surface area contributed by atoms with Gasteiger partial charge in [-0.05, 0) is 18.2 Å². The number of rotatable bonds is 5. The van der Waals surface area contributed by atoms with E-state index in [1.807, 2.05) is 0 Å². The van der Waals surface area contributed by atoms with Crippen LogP contribution in [-0.2, 0) is 6.54 Å². The van der Waals surface area contributed by atoms with Crippen molar-refractivity contribution < 1.29 is 13.5 Å². The predicted molar refractivity (Wildman–Crippen MR) is 67.4 cm³/mol. The molecule has 0 spiro atoms. The smallest absolute Gasteiger partial charge is 0.387 e. The molecule has 19 heavy (non-hydrogen) atoms. The van der Waals surface area contributed by atoms with Crippen LogP contribution in [0.2, 0.25) is 5.02 Å². The fourth-order valence-corrected chi connectivity index (χ4v) is 1.64. The van der Waals surface area contributed by atoms with E-state index in [2.05, 4.69) is 20.0 Å². The minimum Gasteiger partial charge on any atom is -0.433 e. The van der Waals surface area contributed by atoms with E-state index in [9.17, 15) is 8.78 Å². The van der Waals surface area contributed by atoms with Gasteiger partial charge in [-0.15, -0.1) is 0 Å². The van der Waals surface area contributed by atoms with E-state index in [1.165, 1.54) is 12.1 Å². The van der Waals surface area contributed by atoms with Crippen LogP contribution in [-0.4, -0.2) is 16.6 Å². The van der Waals surface area contributed by atoms with Crippen molar-refractivity contribution in [1.82, 2.24) is 9.97 Å². The van der Waals surface area contributed by atoms with E-state index < -0.39 is 6.61 Å². The van der Waals surface area contributed by atoms with Gasteiger partial charge in [-0.2, -0.15) is 8.78 Å². The highest BCUT2D eigenvalue weighted by molar-refractivity contribution is 6.32. The monoisotopic (exact) mass is 285 g/mol. The van der Waals surface area contributed by atoms with Gasteiger partial charge in [-0.25, -0.2) is 0 Å². The predicted octanol–water partition coefficient (Wildman–Crippen LogP) is 3.34. The first-order valence-electron chi connectivity index (χ1n) is 5.38. The van der Waals surface area contributed by atoms with Crippen LogP contribution in [0.15, 0.2) is 36.8 Å². The number of nitrogens with one attached hydrogen (secondary N) is 1. The van der Waals surface area contributed by atoms with Crippen molar-refractivity contribution >= 4 is 17.3 Å². The largest absolute Gasteiger partial charge is 0.433 e. The second-order valence-electron chi connectivity index (χ2n) is 3.57. The summed E-state index contributed by atoms with van der Waals surface area (Å²) < 4.78 is 28.4. The summed E-state index contributed by atoms with van der Waals surface area (Å²) in [5.74, 6) is -0.0540. The van der Waals surface area contributed by atoms with Crippen molar-refractivity contribution in [3.63, 3.8) is 0 Å². The van der Waals surface area contributed by atoms with Crippen LogP contribution in [0, 0.1) is 0 Å². The molecule has 0 radical (unpaired) electrons. The van der Waals surface area contributed by atoms with Crippen molar-refractivity contribution in [1.29, 1.82) is 0 Å². The highest BCUT2D eigenvalue weighted by Crippen LogP contribution is 2.28. The van der Waals surface area contributed by atoms with E-state index in [4.69, 9.17) is 11.6 Å². The molecule has 0 atom stereocenters. The number of anilines is 1. The van der Waals surface area contributed by atoms with E-state index in [-0.39, 0.29) is 10.8 Å². The molecule has 1 heterocycles. The normalized spacial score (nSPS) is 10.5. The van der Waals surface area contributed by atoms with Crippen molar-refractivity contribution in [2.24, 2.45) is 0 Å². The van der Waals surface area contributed by atoms with Gasteiger partial charge in [-0.3, -0.25) is 9.97 Å². The Hall–Kier alpha value is -1.95. The van der Waals surface area contributed by atoms with Gasteiger partial charge in [0.1, 0.15) is 5.75 Å². The maximum absolute atomic E-state index is 12.1. The first kappa shape index (κ1) is 13.5. The lowest BCUT2D eigenvalue weighted by Crippen LogP contribution is -2.04. The molecule has 0 amide bonds. The van der Waals surface area contributed by atoms with Crippen molar-refractivity contribution in [3.05, 3.63) is 47.5 Å². The zero-order chi connectivity index (χ0) is 13.7. The molecule has 0 aliphatic heterocycles. The molecule has 1 N–H and O–H groups in total. The minimum absolute atomic E-state index is 0.0540. The van der Waals surface area contributed by atoms with Crippen LogP contribution in [0.4, 0.5) is 14.5 Å². The lowest BCUT2D eigenvalue weighted by Gasteiger charge is -2.09. The van der Waals surface area contributed by atoms with Gasteiger partial charge in [0, 0.05) is 18.1 Å². The maximum atomic E-state index is 12.1. The van der Waals surface area contributed by atoms with E-state index in [0.29, 0.717) is 12.2 Å². The summed E-state index contributed by atoms with van der Waals surface area (Å²) in [4.78, 5) is 8.02. The zero-order valence-corrected chi connectivity index (χ0v) is 10.4. The number of nitrogens with zero attached hydrogens (tertiary/aromatic N) is 2. The summed E-state index contributed by atoms with van der Waals surface area (Å²) in [5, 5.41) is 3.17. The summed E-state index contributed by atoms with van der Waals surface area (Å²) in [6, 6.07) is 4.49. The minimum atomic E-state index is -2.89. The summed E-state index contributed by atoms with van der Waals surface area (Å²) >= 11 is 5.83. The Morgan fingerprint density at radius 3 is 2.79 bits per heavy atom. The number of hydrogen-bond acceptors (Lipinski definition) is 4. The zero-order valence-electron chi connectivity index (χ0n) is 9.69. The third-order valence-electron chi connectivity index (χ3n) is 2.24. The average Bonchev–Trinajstić information content (AvgIpc) is 2.40. The molecule has 7 heteroatoms. The van der Waals surface area contributed by atoms with Gasteiger partial charge >= 0.3 is 6.61 Å². The van der Waals surface area contributed by atoms with Crippen LogP contribution < -0.4 is 10.1 Å². The first-order chi connectivity index (χ1) is 9.15. The number of aromatic nitrogens is 2. The van der Waals surface area contributed by atoms with Gasteiger partial charge in [0.25, 0.3) is 0 Å². The highest BCUT2D eigenvalue weighted by Gasteiger charge is 2.08. The lowest BCUT2D eigenvalue weighted by atomic mass is 10.3. The van der Waals surface area contributed by atoms with Gasteiger partial charge in [0.05, 0.1) is 23.5 Å². The van der Waals surface area contributed by atoms with Gasteiger partial charge in [0.15, 0.2) is 0 Å². The molecule has 4 nitrogen and oxygen atoms in total. The number of alkyl halides is 2. The molecule has 0 aliphatic rings. The Labute approximate surface area is 113 Å². The van der Waals surface area contributed by atoms with Gasteiger partial charge in [-0.1, -0.05) is 11.6 Å². The molecule has 0 aliphatic carbocycles. The van der Waals surface area contributed by atoms with Gasteiger partial charge in [0.2, 0.25) is 0 Å². The summed E-state index contributed by atoms with van der Waals surface area (Å²) in [6.07, 6.45) is 4.79. The van der Waals surface area contributed by atoms with E-state index in [1.54, 1.807) is 24.7 Å². The Bertz CT molecular complexity index is 540. The van der Waals surface area contributed by atoms with Crippen molar-refractivity contribution in [2.45, 2.75) is 13.2 Å². The Morgan fingerprint density at radius 1 is 1.32 bits per heavy atom. The van der Waals surface area contributed by atoms with Crippen LogP contribution in [0.1, 0.15) is 5.69 Å². The number of halogens is 3. The molecule has 1 aromatic carbocycles. The number of benzene rings is 1. The topological polar surface area (TPSA) is 47.0 Å². The number of hydrogen-bond donors (Lipinski definition) is 1. The molecule has 0 saturated carbocycles. The molecule has 100 valence electrons. The number of ether oxygens (including phenoxy) is 1. The molecular formula is C12H10ClF2N3O. The molecule has 0 unspecified atom stereocenters. The lowest BCUT2D eigenvalue weighted by molar-refractivity contribution is -0.0497. The van der Waals surface area contributed by atoms with Gasteiger partial charge < -0.3 is 10.1 Å². The van der Waals surface area contributed by atoms with Crippen LogP contribution >= 0.6 is 11.6 Å². The molecule has 2 rings (SSSR count). The van der Waals surface area contributed by atoms with E-state index >= 15 is 0 Å². The quantitative estimate of drug-likeness (QED) is 0.915. The van der Waals surface area contributed by atoms with Crippen LogP contribution in [0.25, 0.3) is 0 Å². The Balaban J connectivity index is 2.00. The van der Waals surface area contributed by atoms with Crippen molar-refractivity contribution in [2.75, 3.05) is 5.32 Å². The SMILES string of the molecule is FC(F)Oc1ccc(NCc2cnccn2)cc1Cl. The third kappa shape index (κ3) is 4.03. The second-order valence-corrected chi connectivity index (χ2v) is 3.98. The molecule has 2 aromatic rings. The summed E-state index contributed by atoms with van der Waals surface area (Å²) in [5.41, 5.74) is 1.43. The summed E-state index contributed by atoms with van der Waals surface area (Å²) in [7, 11) is 0. The maximum Gasteiger partial charge on any atom is 0.387 e. The standard InChI is InChI=1S/C12H10ClF2N3O/c13-10-5-8(1-2-11(10)19-12(14)15)18-7-9-6-16-3-4-17-9/h1-6,12,18H,7H2. The fraction of sp³-hybridized carbons (Fsp3) is 0.167. The Kier molecular flexibility index (Phi) is 4.46. The van der Waals surface area contributed by atoms with E-state index in [0.717, 1.165) is 5.69 Å². The van der Waals surface area contributed by atoms with Crippen LogP contribution in [0.5, 0.6) is 5.75 Å². The average molecular weight is 286 g/mol. The molecule has 1 aromatic heterocycles.